The molecule has 2 aromatic rings. The maximum absolute atomic E-state index is 13.8. The average molecular weight is 430 g/mol. The zero-order valence-corrected chi connectivity index (χ0v) is 16.1. The van der Waals surface area contributed by atoms with Crippen LogP contribution in [-0.4, -0.2) is 44.7 Å². The molecule has 30 heavy (non-hydrogen) atoms. The molecule has 0 radical (unpaired) electrons. The highest BCUT2D eigenvalue weighted by atomic mass is 32.2. The molecule has 0 spiro atoms. The van der Waals surface area contributed by atoms with Crippen LogP contribution in [0.15, 0.2) is 47.4 Å². The minimum Gasteiger partial charge on any atom is -0.507 e. The molecular weight excluding hydrogens is 415 g/mol. The van der Waals surface area contributed by atoms with E-state index in [1.807, 2.05) is 0 Å². The molecule has 0 saturated carbocycles. The largest absolute Gasteiger partial charge is 0.507 e. The van der Waals surface area contributed by atoms with Crippen LogP contribution >= 0.6 is 11.8 Å². The highest BCUT2D eigenvalue weighted by Gasteiger charge is 2.35. The van der Waals surface area contributed by atoms with Crippen molar-refractivity contribution in [3.8, 4) is 5.75 Å². The summed E-state index contributed by atoms with van der Waals surface area (Å²) in [4.78, 5) is 48.5. The van der Waals surface area contributed by atoms with Crippen molar-refractivity contribution in [3.63, 3.8) is 0 Å². The van der Waals surface area contributed by atoms with Crippen LogP contribution in [0, 0.1) is 5.82 Å². The molecule has 8 nitrogen and oxygen atoms in total. The number of hydrogen-bond acceptors (Lipinski definition) is 6. The maximum Gasteiger partial charge on any atom is 0.339 e. The number of aromatic carboxylic acids is 1. The van der Waals surface area contributed by atoms with Gasteiger partial charge < -0.3 is 15.5 Å². The number of amides is 3. The van der Waals surface area contributed by atoms with Crippen LogP contribution < -0.4 is 5.32 Å². The third-order valence-corrected chi connectivity index (χ3v) is 5.05. The number of carboxylic acids is 1. The maximum atomic E-state index is 13.8. The molecule has 2 aromatic carbocycles. The monoisotopic (exact) mass is 430 g/mol. The number of phenols is 1. The first kappa shape index (κ1) is 21.1. The molecule has 3 amide bonds. The van der Waals surface area contributed by atoms with Gasteiger partial charge in [0.15, 0.2) is 0 Å². The predicted octanol–water partition coefficient (Wildman–Crippen LogP) is 3.29. The van der Waals surface area contributed by atoms with E-state index in [-0.39, 0.29) is 34.7 Å². The summed E-state index contributed by atoms with van der Waals surface area (Å²) in [6, 6.07) is 9.34. The van der Waals surface area contributed by atoms with Crippen LogP contribution in [-0.2, 0) is 9.59 Å². The van der Waals surface area contributed by atoms with Crippen molar-refractivity contribution in [2.75, 3.05) is 11.9 Å². The van der Waals surface area contributed by atoms with Gasteiger partial charge in [-0.05, 0) is 36.0 Å². The van der Waals surface area contributed by atoms with Gasteiger partial charge in [-0.1, -0.05) is 18.2 Å². The number of carbonyl (C=O) groups is 4. The third kappa shape index (κ3) is 4.66. The van der Waals surface area contributed by atoms with Crippen molar-refractivity contribution in [2.24, 2.45) is 0 Å². The molecule has 154 valence electrons. The first-order valence-electron chi connectivity index (χ1n) is 8.62. The summed E-state index contributed by atoms with van der Waals surface area (Å²) in [6.07, 6.45) is 1.07. The van der Waals surface area contributed by atoms with Gasteiger partial charge in [-0.15, -0.1) is 0 Å². The SMILES string of the molecule is O=C(CCN1C(=O)S/C(=C\c2ccccc2F)C1=O)Nc1ccc(C(=O)O)c(O)c1. The number of hydrogen-bond donors (Lipinski definition) is 3. The van der Waals surface area contributed by atoms with E-state index in [0.717, 1.165) is 17.0 Å². The number of aromatic hydroxyl groups is 1. The van der Waals surface area contributed by atoms with E-state index in [9.17, 15) is 28.7 Å². The smallest absolute Gasteiger partial charge is 0.339 e. The summed E-state index contributed by atoms with van der Waals surface area (Å²) in [5.41, 5.74) is 0.0221. The van der Waals surface area contributed by atoms with Gasteiger partial charge in [0, 0.05) is 30.3 Å². The van der Waals surface area contributed by atoms with Crippen LogP contribution in [0.1, 0.15) is 22.3 Å². The quantitative estimate of drug-likeness (QED) is 0.601. The predicted molar refractivity (Wildman–Crippen MR) is 107 cm³/mol. The number of anilines is 1. The van der Waals surface area contributed by atoms with Crippen LogP contribution in [0.25, 0.3) is 6.08 Å². The Bertz CT molecular complexity index is 1080. The molecule has 0 bridgehead atoms. The lowest BCUT2D eigenvalue weighted by molar-refractivity contribution is -0.123. The Kier molecular flexibility index (Phi) is 6.17. The summed E-state index contributed by atoms with van der Waals surface area (Å²) in [6.45, 7) is -0.190. The fourth-order valence-corrected chi connectivity index (χ4v) is 3.51. The summed E-state index contributed by atoms with van der Waals surface area (Å²) in [5, 5.41) is 20.4. The Morgan fingerprint density at radius 1 is 1.17 bits per heavy atom. The number of nitrogens with zero attached hydrogens (tertiary/aromatic N) is 1. The molecule has 0 aromatic heterocycles. The summed E-state index contributed by atoms with van der Waals surface area (Å²) >= 11 is 0.659. The van der Waals surface area contributed by atoms with E-state index in [1.165, 1.54) is 30.3 Å². The topological polar surface area (TPSA) is 124 Å². The highest BCUT2D eigenvalue weighted by molar-refractivity contribution is 8.18. The molecule has 1 aliphatic rings. The minimum atomic E-state index is -1.31. The van der Waals surface area contributed by atoms with Crippen molar-refractivity contribution in [3.05, 3.63) is 64.3 Å². The lowest BCUT2D eigenvalue weighted by Crippen LogP contribution is -2.31. The van der Waals surface area contributed by atoms with Crippen molar-refractivity contribution in [2.45, 2.75) is 6.42 Å². The molecule has 1 saturated heterocycles. The van der Waals surface area contributed by atoms with Gasteiger partial charge in [0.05, 0.1) is 4.91 Å². The molecule has 3 rings (SSSR count). The number of thioether (sulfide) groups is 1. The standard InChI is InChI=1S/C20H15FN2O6S/c21-14-4-2-1-3-11(14)9-16-18(26)23(20(29)30-16)8-7-17(25)22-12-5-6-13(19(27)28)15(24)10-12/h1-6,9-10,24H,7-8H2,(H,22,25)(H,27,28)/b16-9-. The number of carbonyl (C=O) groups excluding carboxylic acids is 3. The van der Waals surface area contributed by atoms with Crippen LogP contribution in [0.4, 0.5) is 14.9 Å². The molecule has 1 aliphatic heterocycles. The Balaban J connectivity index is 1.61. The van der Waals surface area contributed by atoms with Gasteiger partial charge in [-0.2, -0.15) is 0 Å². The second-order valence-electron chi connectivity index (χ2n) is 6.19. The van der Waals surface area contributed by atoms with Crippen molar-refractivity contribution in [1.82, 2.24) is 4.90 Å². The Morgan fingerprint density at radius 3 is 2.57 bits per heavy atom. The van der Waals surface area contributed by atoms with Gasteiger partial charge in [-0.3, -0.25) is 19.3 Å². The number of halogens is 1. The summed E-state index contributed by atoms with van der Waals surface area (Å²) in [7, 11) is 0. The summed E-state index contributed by atoms with van der Waals surface area (Å²) < 4.78 is 13.8. The van der Waals surface area contributed by atoms with E-state index in [4.69, 9.17) is 5.11 Å². The van der Waals surface area contributed by atoms with Gasteiger partial charge in [0.2, 0.25) is 5.91 Å². The van der Waals surface area contributed by atoms with Crippen LogP contribution in [0.5, 0.6) is 5.75 Å². The fraction of sp³-hybridized carbons (Fsp3) is 0.100. The van der Waals surface area contributed by atoms with Crippen molar-refractivity contribution >= 4 is 46.5 Å². The number of carboxylic acid groups (broad SMARTS) is 1. The third-order valence-electron chi connectivity index (χ3n) is 4.14. The van der Waals surface area contributed by atoms with E-state index in [1.54, 1.807) is 6.07 Å². The molecule has 1 fully saturated rings. The molecule has 0 unspecified atom stereocenters. The zero-order valence-electron chi connectivity index (χ0n) is 15.3. The molecule has 0 atom stereocenters. The van der Waals surface area contributed by atoms with Crippen LogP contribution in [0.3, 0.4) is 0 Å². The van der Waals surface area contributed by atoms with Crippen LogP contribution in [0.2, 0.25) is 0 Å². The van der Waals surface area contributed by atoms with Crippen molar-refractivity contribution in [1.29, 1.82) is 0 Å². The number of rotatable bonds is 6. The van der Waals surface area contributed by atoms with Gasteiger partial charge in [0.1, 0.15) is 17.1 Å². The number of nitrogens with one attached hydrogen (secondary N) is 1. The molecular formula is C20H15FN2O6S. The lowest BCUT2D eigenvalue weighted by Gasteiger charge is -2.12. The highest BCUT2D eigenvalue weighted by Crippen LogP contribution is 2.32. The molecule has 10 heteroatoms. The molecule has 0 aliphatic carbocycles. The fourth-order valence-electron chi connectivity index (χ4n) is 2.65. The van der Waals surface area contributed by atoms with E-state index < -0.39 is 34.6 Å². The Hall–Kier alpha value is -3.66. The summed E-state index contributed by atoms with van der Waals surface area (Å²) in [5.74, 6) is -3.52. The Labute approximate surface area is 174 Å². The first-order chi connectivity index (χ1) is 14.3. The zero-order chi connectivity index (χ0) is 21.8. The van der Waals surface area contributed by atoms with Crippen molar-refractivity contribution < 1.29 is 33.8 Å². The lowest BCUT2D eigenvalue weighted by atomic mass is 10.2. The second kappa shape index (κ2) is 8.78. The minimum absolute atomic E-state index is 0.0553. The average Bonchev–Trinajstić information content (AvgIpc) is 2.94. The normalized spacial score (nSPS) is 15.0. The van der Waals surface area contributed by atoms with E-state index >= 15 is 0 Å². The van der Waals surface area contributed by atoms with E-state index in [0.29, 0.717) is 11.8 Å². The number of imide groups is 1. The van der Waals surface area contributed by atoms with E-state index in [2.05, 4.69) is 5.32 Å². The van der Waals surface area contributed by atoms with Gasteiger partial charge >= 0.3 is 5.97 Å². The van der Waals surface area contributed by atoms with Gasteiger partial charge in [0.25, 0.3) is 11.1 Å². The Morgan fingerprint density at radius 2 is 1.90 bits per heavy atom. The number of benzene rings is 2. The molecule has 3 N–H and O–H groups in total. The second-order valence-corrected chi connectivity index (χ2v) is 7.18. The van der Waals surface area contributed by atoms with Gasteiger partial charge in [-0.25, -0.2) is 9.18 Å². The first-order valence-corrected chi connectivity index (χ1v) is 9.44. The molecule has 1 heterocycles.